The molecular weight excluding hydrogens is 294 g/mol. The Morgan fingerprint density at radius 2 is 1.73 bits per heavy atom. The molecule has 3 nitrogen and oxygen atoms in total. The lowest BCUT2D eigenvalue weighted by molar-refractivity contribution is -0.122. The molecule has 124 valence electrons. The smallest absolute Gasteiger partial charge is 0.233 e. The van der Waals surface area contributed by atoms with E-state index in [4.69, 9.17) is 4.74 Å². The Balaban J connectivity index is 2.60. The summed E-state index contributed by atoms with van der Waals surface area (Å²) in [5.41, 5.74) is -0.0206. The van der Waals surface area contributed by atoms with E-state index in [-0.39, 0.29) is 22.1 Å². The van der Waals surface area contributed by atoms with Crippen LogP contribution in [-0.4, -0.2) is 23.8 Å². The molecule has 0 heterocycles. The molecule has 1 rings (SSSR count). The SMILES string of the molecule is COc1ccc(S[C@@H](C)C(=O)NC(C)(C)CC(C)(C)C)cc1. The minimum Gasteiger partial charge on any atom is -0.497 e. The van der Waals surface area contributed by atoms with Crippen LogP contribution in [0, 0.1) is 5.41 Å². The molecule has 0 unspecified atom stereocenters. The van der Waals surface area contributed by atoms with Crippen LogP contribution in [0.15, 0.2) is 29.2 Å². The fraction of sp³-hybridized carbons (Fsp3) is 0.611. The molecule has 1 aromatic rings. The van der Waals surface area contributed by atoms with Gasteiger partial charge < -0.3 is 10.1 Å². The van der Waals surface area contributed by atoms with Crippen LogP contribution in [-0.2, 0) is 4.79 Å². The van der Waals surface area contributed by atoms with Crippen molar-refractivity contribution in [3.8, 4) is 5.75 Å². The van der Waals surface area contributed by atoms with Crippen LogP contribution in [0.2, 0.25) is 0 Å². The Labute approximate surface area is 139 Å². The first kappa shape index (κ1) is 18.9. The highest BCUT2D eigenvalue weighted by atomic mass is 32.2. The average Bonchev–Trinajstić information content (AvgIpc) is 2.36. The summed E-state index contributed by atoms with van der Waals surface area (Å²) in [6, 6.07) is 7.79. The van der Waals surface area contributed by atoms with Crippen LogP contribution >= 0.6 is 11.8 Å². The number of ether oxygens (including phenoxy) is 1. The first-order valence-electron chi connectivity index (χ1n) is 7.65. The number of carbonyl (C=O) groups excluding carboxylic acids is 1. The summed E-state index contributed by atoms with van der Waals surface area (Å²) >= 11 is 1.56. The number of thioether (sulfide) groups is 1. The van der Waals surface area contributed by atoms with Crippen LogP contribution in [0.1, 0.15) is 48.0 Å². The molecule has 22 heavy (non-hydrogen) atoms. The monoisotopic (exact) mass is 323 g/mol. The highest BCUT2D eigenvalue weighted by Gasteiger charge is 2.28. The summed E-state index contributed by atoms with van der Waals surface area (Å²) in [6.45, 7) is 12.7. The van der Waals surface area contributed by atoms with E-state index in [9.17, 15) is 4.79 Å². The number of nitrogens with one attached hydrogen (secondary N) is 1. The van der Waals surface area contributed by atoms with Crippen LogP contribution in [0.5, 0.6) is 5.75 Å². The van der Waals surface area contributed by atoms with E-state index in [2.05, 4.69) is 39.9 Å². The number of rotatable bonds is 6. The van der Waals surface area contributed by atoms with Gasteiger partial charge in [-0.05, 0) is 56.9 Å². The zero-order chi connectivity index (χ0) is 17.0. The van der Waals surface area contributed by atoms with E-state index in [0.29, 0.717) is 0 Å². The van der Waals surface area contributed by atoms with Gasteiger partial charge in [-0.25, -0.2) is 0 Å². The van der Waals surface area contributed by atoms with Crippen molar-refractivity contribution >= 4 is 17.7 Å². The van der Waals surface area contributed by atoms with Crippen molar-refractivity contribution in [3.05, 3.63) is 24.3 Å². The molecule has 1 N–H and O–H groups in total. The third-order valence-electron chi connectivity index (χ3n) is 3.18. The number of hydrogen-bond donors (Lipinski definition) is 1. The molecule has 0 bridgehead atoms. The van der Waals surface area contributed by atoms with E-state index in [1.165, 1.54) is 0 Å². The fourth-order valence-electron chi connectivity index (χ4n) is 2.72. The Morgan fingerprint density at radius 3 is 2.18 bits per heavy atom. The molecule has 0 aliphatic carbocycles. The Kier molecular flexibility index (Phi) is 6.36. The minimum atomic E-state index is -0.204. The maximum Gasteiger partial charge on any atom is 0.233 e. The second-order valence-corrected chi connectivity index (χ2v) is 8.96. The van der Waals surface area contributed by atoms with Gasteiger partial charge in [-0.2, -0.15) is 0 Å². The fourth-order valence-corrected chi connectivity index (χ4v) is 3.58. The number of amides is 1. The van der Waals surface area contributed by atoms with Gasteiger partial charge in [0.2, 0.25) is 5.91 Å². The van der Waals surface area contributed by atoms with Crippen molar-refractivity contribution in [1.82, 2.24) is 5.32 Å². The van der Waals surface area contributed by atoms with E-state index < -0.39 is 0 Å². The number of benzene rings is 1. The quantitative estimate of drug-likeness (QED) is 0.783. The predicted octanol–water partition coefficient (Wildman–Crippen LogP) is 4.51. The van der Waals surface area contributed by atoms with Crippen LogP contribution in [0.4, 0.5) is 0 Å². The lowest BCUT2D eigenvalue weighted by atomic mass is 9.82. The van der Waals surface area contributed by atoms with Gasteiger partial charge in [0, 0.05) is 10.4 Å². The number of methoxy groups -OCH3 is 1. The van der Waals surface area contributed by atoms with Crippen molar-refractivity contribution in [2.24, 2.45) is 5.41 Å². The van der Waals surface area contributed by atoms with Gasteiger partial charge in [0.05, 0.1) is 12.4 Å². The molecule has 1 atom stereocenters. The summed E-state index contributed by atoms with van der Waals surface area (Å²) in [4.78, 5) is 13.5. The number of hydrogen-bond acceptors (Lipinski definition) is 3. The van der Waals surface area contributed by atoms with E-state index in [0.717, 1.165) is 17.1 Å². The van der Waals surface area contributed by atoms with E-state index in [1.807, 2.05) is 31.2 Å². The van der Waals surface area contributed by atoms with Gasteiger partial charge in [-0.1, -0.05) is 20.8 Å². The average molecular weight is 324 g/mol. The summed E-state index contributed by atoms with van der Waals surface area (Å²) in [5, 5.41) is 3.04. The summed E-state index contributed by atoms with van der Waals surface area (Å²) in [5.74, 6) is 0.905. The normalized spacial score (nSPS) is 13.6. The van der Waals surface area contributed by atoms with Crippen molar-refractivity contribution in [1.29, 1.82) is 0 Å². The molecule has 4 heteroatoms. The van der Waals surface area contributed by atoms with Crippen LogP contribution in [0.25, 0.3) is 0 Å². The zero-order valence-corrected chi connectivity index (χ0v) is 15.6. The molecule has 0 aromatic heterocycles. The van der Waals surface area contributed by atoms with Gasteiger partial charge >= 0.3 is 0 Å². The maximum absolute atomic E-state index is 12.4. The second kappa shape index (κ2) is 7.40. The van der Waals surface area contributed by atoms with Crippen molar-refractivity contribution in [3.63, 3.8) is 0 Å². The predicted molar refractivity (Wildman–Crippen MR) is 94.6 cm³/mol. The second-order valence-electron chi connectivity index (χ2n) is 7.55. The molecule has 0 saturated heterocycles. The van der Waals surface area contributed by atoms with Crippen LogP contribution in [0.3, 0.4) is 0 Å². The van der Waals surface area contributed by atoms with Gasteiger partial charge in [-0.15, -0.1) is 11.8 Å². The van der Waals surface area contributed by atoms with Crippen molar-refractivity contribution in [2.75, 3.05) is 7.11 Å². The summed E-state index contributed by atoms with van der Waals surface area (Å²) in [7, 11) is 1.65. The molecule has 1 amide bonds. The van der Waals surface area contributed by atoms with Crippen molar-refractivity contribution < 1.29 is 9.53 Å². The minimum absolute atomic E-state index is 0.0788. The van der Waals surface area contributed by atoms with Gasteiger partial charge in [0.15, 0.2) is 0 Å². The third kappa shape index (κ3) is 6.73. The third-order valence-corrected chi connectivity index (χ3v) is 4.29. The molecule has 0 radical (unpaired) electrons. The Bertz CT molecular complexity index is 489. The van der Waals surface area contributed by atoms with E-state index in [1.54, 1.807) is 18.9 Å². The summed E-state index contributed by atoms with van der Waals surface area (Å²) in [6.07, 6.45) is 0.936. The van der Waals surface area contributed by atoms with Gasteiger partial charge in [0.25, 0.3) is 0 Å². The number of carbonyl (C=O) groups is 1. The molecule has 0 saturated carbocycles. The zero-order valence-electron chi connectivity index (χ0n) is 14.8. The first-order valence-corrected chi connectivity index (χ1v) is 8.53. The molecular formula is C18H29NO2S. The molecule has 0 spiro atoms. The standard InChI is InChI=1S/C18H29NO2S/c1-13(22-15-10-8-14(21-7)9-11-15)16(20)19-18(5,6)12-17(2,3)4/h8-11,13H,12H2,1-7H3,(H,19,20)/t13-/m0/s1. The molecule has 0 aliphatic heterocycles. The largest absolute Gasteiger partial charge is 0.497 e. The molecule has 0 fully saturated rings. The van der Waals surface area contributed by atoms with Crippen LogP contribution < -0.4 is 10.1 Å². The maximum atomic E-state index is 12.4. The lowest BCUT2D eigenvalue weighted by Gasteiger charge is -2.34. The Hall–Kier alpha value is -1.16. The van der Waals surface area contributed by atoms with E-state index >= 15 is 0 Å². The lowest BCUT2D eigenvalue weighted by Crippen LogP contribution is -2.48. The summed E-state index contributed by atoms with van der Waals surface area (Å²) < 4.78 is 5.15. The highest BCUT2D eigenvalue weighted by Crippen LogP contribution is 2.29. The van der Waals surface area contributed by atoms with Gasteiger partial charge in [-0.3, -0.25) is 4.79 Å². The van der Waals surface area contributed by atoms with Crippen molar-refractivity contribution in [2.45, 2.75) is 63.6 Å². The first-order chi connectivity index (χ1) is 10.0. The van der Waals surface area contributed by atoms with Gasteiger partial charge in [0.1, 0.15) is 5.75 Å². The molecule has 0 aliphatic rings. The topological polar surface area (TPSA) is 38.3 Å². The molecule has 1 aromatic carbocycles. The highest BCUT2D eigenvalue weighted by molar-refractivity contribution is 8.00. The Morgan fingerprint density at radius 1 is 1.18 bits per heavy atom.